The van der Waals surface area contributed by atoms with E-state index in [4.69, 9.17) is 40.6 Å². The van der Waals surface area contributed by atoms with Crippen molar-refractivity contribution in [3.8, 4) is 11.3 Å². The van der Waals surface area contributed by atoms with Crippen LogP contribution in [-0.4, -0.2) is 15.7 Å². The van der Waals surface area contributed by atoms with Crippen LogP contribution in [-0.2, 0) is 6.54 Å². The van der Waals surface area contributed by atoms with Crippen molar-refractivity contribution < 1.29 is 4.79 Å². The Hall–Kier alpha value is -2.05. The molecule has 0 aliphatic heterocycles. The Morgan fingerprint density at radius 2 is 1.72 bits per heavy atom. The first kappa shape index (κ1) is 17.8. The molecule has 0 saturated heterocycles. The van der Waals surface area contributed by atoms with Gasteiger partial charge in [-0.2, -0.15) is 5.10 Å². The van der Waals surface area contributed by atoms with Gasteiger partial charge >= 0.3 is 0 Å². The molecule has 5 nitrogen and oxygen atoms in total. The number of aromatic nitrogens is 2. The van der Waals surface area contributed by atoms with Crippen LogP contribution >= 0.6 is 34.8 Å². The molecular weight excluding hydrogens is 383 g/mol. The van der Waals surface area contributed by atoms with Gasteiger partial charge in [-0.25, -0.2) is 5.84 Å². The fourth-order valence-electron chi connectivity index (χ4n) is 2.39. The Morgan fingerprint density at radius 3 is 2.36 bits per heavy atom. The number of nitrogens with zero attached hydrogens (tertiary/aromatic N) is 2. The van der Waals surface area contributed by atoms with Gasteiger partial charge < -0.3 is 0 Å². The number of halogens is 3. The lowest BCUT2D eigenvalue weighted by Crippen LogP contribution is -2.30. The average Bonchev–Trinajstić information content (AvgIpc) is 3.01. The molecule has 8 heteroatoms. The molecule has 0 aliphatic rings. The number of hydrogen-bond acceptors (Lipinski definition) is 3. The van der Waals surface area contributed by atoms with Gasteiger partial charge in [0.1, 0.15) is 0 Å². The van der Waals surface area contributed by atoms with Gasteiger partial charge in [-0.1, -0.05) is 53.0 Å². The number of nitrogens with one attached hydrogen (secondary N) is 1. The minimum absolute atomic E-state index is 0.206. The lowest BCUT2D eigenvalue weighted by molar-refractivity contribution is 0.0948. The zero-order valence-corrected chi connectivity index (χ0v) is 15.1. The van der Waals surface area contributed by atoms with Crippen LogP contribution < -0.4 is 11.3 Å². The third kappa shape index (κ3) is 3.96. The molecule has 3 N–H and O–H groups in total. The average molecular weight is 396 g/mol. The van der Waals surface area contributed by atoms with E-state index in [-0.39, 0.29) is 5.69 Å². The van der Waals surface area contributed by atoms with Crippen molar-refractivity contribution >= 4 is 40.7 Å². The van der Waals surface area contributed by atoms with Crippen LogP contribution in [0.5, 0.6) is 0 Å². The van der Waals surface area contributed by atoms with Crippen LogP contribution in [0.2, 0.25) is 15.1 Å². The van der Waals surface area contributed by atoms with Gasteiger partial charge in [0.2, 0.25) is 0 Å². The minimum Gasteiger partial charge on any atom is -0.289 e. The summed E-state index contributed by atoms with van der Waals surface area (Å²) in [6, 6.07) is 14.1. The Labute approximate surface area is 159 Å². The van der Waals surface area contributed by atoms with Crippen LogP contribution in [0.4, 0.5) is 0 Å². The molecule has 25 heavy (non-hydrogen) atoms. The predicted octanol–water partition coefficient (Wildman–Crippen LogP) is 4.16. The lowest BCUT2D eigenvalue weighted by atomic mass is 10.1. The Kier molecular flexibility index (Phi) is 5.30. The Morgan fingerprint density at radius 1 is 1.04 bits per heavy atom. The number of nitrogens with two attached hydrogens (primary N) is 1. The summed E-state index contributed by atoms with van der Waals surface area (Å²) in [6.45, 7) is 0.367. The van der Waals surface area contributed by atoms with E-state index >= 15 is 0 Å². The number of amides is 1. The Bertz CT molecular complexity index is 922. The van der Waals surface area contributed by atoms with E-state index in [0.717, 1.165) is 16.8 Å². The second kappa shape index (κ2) is 7.45. The van der Waals surface area contributed by atoms with Gasteiger partial charge in [0.25, 0.3) is 5.91 Å². The van der Waals surface area contributed by atoms with Gasteiger partial charge in [0.15, 0.2) is 5.69 Å². The highest BCUT2D eigenvalue weighted by molar-refractivity contribution is 6.35. The summed E-state index contributed by atoms with van der Waals surface area (Å²) in [5, 5.41) is 6.03. The van der Waals surface area contributed by atoms with E-state index in [1.807, 2.05) is 18.2 Å². The molecule has 3 rings (SSSR count). The summed E-state index contributed by atoms with van der Waals surface area (Å²) < 4.78 is 1.68. The molecule has 1 aromatic heterocycles. The molecule has 1 amide bonds. The molecule has 0 bridgehead atoms. The third-order valence-corrected chi connectivity index (χ3v) is 4.46. The molecule has 0 aliphatic carbocycles. The summed E-state index contributed by atoms with van der Waals surface area (Å²) in [7, 11) is 0. The van der Waals surface area contributed by atoms with Gasteiger partial charge in [-0.3, -0.25) is 14.9 Å². The number of benzene rings is 2. The first-order valence-corrected chi connectivity index (χ1v) is 8.40. The molecule has 0 saturated carbocycles. The molecule has 1 heterocycles. The number of hydrazine groups is 1. The smallest absolute Gasteiger partial charge is 0.285 e. The van der Waals surface area contributed by atoms with E-state index < -0.39 is 5.91 Å². The monoisotopic (exact) mass is 394 g/mol. The predicted molar refractivity (Wildman–Crippen MR) is 99.9 cm³/mol. The summed E-state index contributed by atoms with van der Waals surface area (Å²) in [6.07, 6.45) is 0. The summed E-state index contributed by atoms with van der Waals surface area (Å²) in [5.41, 5.74) is 4.71. The molecule has 0 fully saturated rings. The van der Waals surface area contributed by atoms with Crippen LogP contribution in [0, 0.1) is 0 Å². The molecule has 128 valence electrons. The number of carbonyl (C=O) groups is 1. The Balaban J connectivity index is 2.05. The first-order valence-electron chi connectivity index (χ1n) is 7.26. The van der Waals surface area contributed by atoms with E-state index in [1.54, 1.807) is 35.0 Å². The fourth-order valence-corrected chi connectivity index (χ4v) is 2.98. The quantitative estimate of drug-likeness (QED) is 0.396. The molecule has 0 atom stereocenters. The zero-order valence-electron chi connectivity index (χ0n) is 12.8. The lowest BCUT2D eigenvalue weighted by Gasteiger charge is -2.09. The zero-order chi connectivity index (χ0) is 18.0. The van der Waals surface area contributed by atoms with E-state index in [9.17, 15) is 4.79 Å². The van der Waals surface area contributed by atoms with Crippen LogP contribution in [0.1, 0.15) is 16.1 Å². The van der Waals surface area contributed by atoms with Gasteiger partial charge in [0.05, 0.1) is 12.2 Å². The molecule has 0 spiro atoms. The van der Waals surface area contributed by atoms with Gasteiger partial charge in [-0.05, 0) is 41.5 Å². The van der Waals surface area contributed by atoms with Crippen molar-refractivity contribution in [2.75, 3.05) is 0 Å². The third-order valence-electron chi connectivity index (χ3n) is 3.62. The van der Waals surface area contributed by atoms with Crippen molar-refractivity contribution in [1.29, 1.82) is 0 Å². The van der Waals surface area contributed by atoms with Gasteiger partial charge in [0, 0.05) is 15.1 Å². The maximum atomic E-state index is 11.9. The van der Waals surface area contributed by atoms with E-state index in [0.29, 0.717) is 21.6 Å². The van der Waals surface area contributed by atoms with E-state index in [1.165, 1.54) is 0 Å². The highest BCUT2D eigenvalue weighted by Crippen LogP contribution is 2.26. The largest absolute Gasteiger partial charge is 0.289 e. The standard InChI is InChI=1S/C17H13Cl3N4O/c18-12-4-1-10(2-5-12)16-8-15(17(25)22-21)23-24(16)9-11-3-6-13(19)7-14(11)20/h1-8H,9,21H2,(H,22,25). The summed E-state index contributed by atoms with van der Waals surface area (Å²) in [4.78, 5) is 11.9. The normalized spacial score (nSPS) is 10.7. The van der Waals surface area contributed by atoms with E-state index in [2.05, 4.69) is 10.5 Å². The number of carbonyl (C=O) groups excluding carboxylic acids is 1. The molecular formula is C17H13Cl3N4O. The molecule has 0 unspecified atom stereocenters. The van der Waals surface area contributed by atoms with Crippen molar-refractivity contribution in [1.82, 2.24) is 15.2 Å². The SMILES string of the molecule is NNC(=O)c1cc(-c2ccc(Cl)cc2)n(Cc2ccc(Cl)cc2Cl)n1. The second-order valence-electron chi connectivity index (χ2n) is 5.29. The van der Waals surface area contributed by atoms with Crippen molar-refractivity contribution in [3.63, 3.8) is 0 Å². The maximum absolute atomic E-state index is 11.9. The highest BCUT2D eigenvalue weighted by atomic mass is 35.5. The fraction of sp³-hybridized carbons (Fsp3) is 0.0588. The molecule has 3 aromatic rings. The number of rotatable bonds is 4. The maximum Gasteiger partial charge on any atom is 0.285 e. The molecule has 2 aromatic carbocycles. The van der Waals surface area contributed by atoms with Crippen molar-refractivity contribution in [2.45, 2.75) is 6.54 Å². The second-order valence-corrected chi connectivity index (χ2v) is 6.57. The minimum atomic E-state index is -0.476. The van der Waals surface area contributed by atoms with Crippen molar-refractivity contribution in [2.24, 2.45) is 5.84 Å². The topological polar surface area (TPSA) is 72.9 Å². The van der Waals surface area contributed by atoms with Crippen LogP contribution in [0.3, 0.4) is 0 Å². The molecule has 0 radical (unpaired) electrons. The summed E-state index contributed by atoms with van der Waals surface area (Å²) >= 11 is 18.1. The van der Waals surface area contributed by atoms with Crippen LogP contribution in [0.15, 0.2) is 48.5 Å². The summed E-state index contributed by atoms with van der Waals surface area (Å²) in [5.74, 6) is 4.74. The first-order chi connectivity index (χ1) is 12.0. The van der Waals surface area contributed by atoms with Gasteiger partial charge in [-0.15, -0.1) is 0 Å². The van der Waals surface area contributed by atoms with Crippen LogP contribution in [0.25, 0.3) is 11.3 Å². The van der Waals surface area contributed by atoms with Crippen molar-refractivity contribution in [3.05, 3.63) is 74.9 Å². The number of hydrogen-bond donors (Lipinski definition) is 2. The number of nitrogen functional groups attached to an aromatic ring is 1. The highest BCUT2D eigenvalue weighted by Gasteiger charge is 2.16.